The van der Waals surface area contributed by atoms with Gasteiger partial charge in [0, 0.05) is 0 Å². The van der Waals surface area contributed by atoms with Gasteiger partial charge in [-0.05, 0) is 18.4 Å². The molecule has 0 aromatic carbocycles. The Kier molecular flexibility index (Phi) is 12.3. The summed E-state index contributed by atoms with van der Waals surface area (Å²) in [6, 6.07) is -0.683. The van der Waals surface area contributed by atoms with Crippen molar-refractivity contribution in [3.63, 3.8) is 0 Å². The number of carboxylic acids is 1. The van der Waals surface area contributed by atoms with Crippen molar-refractivity contribution >= 4 is 23.7 Å². The second-order valence-corrected chi connectivity index (χ2v) is 5.02. The van der Waals surface area contributed by atoms with Crippen molar-refractivity contribution in [2.45, 2.75) is 24.7 Å². The number of aliphatic carboxylic acids is 1. The van der Waals surface area contributed by atoms with E-state index in [0.717, 1.165) is 5.75 Å². The van der Waals surface area contributed by atoms with Crippen molar-refractivity contribution in [3.8, 4) is 0 Å². The standard InChI is InChI=1S/C6H8O6.C5H11NO2S.Fe/c7-1-2(8)5-3(9)4(10)6(11)12-5;1-9-3-2-4(6)5(7)8;/h2,5,7-10H,1H2;4H,2-3,6H2,1H3,(H,7,8);/q;;+2/t2-,5-;4-;/m00./s1. The maximum atomic E-state index is 10.5. The molecule has 0 unspecified atom stereocenters. The van der Waals surface area contributed by atoms with Gasteiger partial charge in [0.1, 0.15) is 12.1 Å². The zero-order valence-corrected chi connectivity index (χ0v) is 13.6. The van der Waals surface area contributed by atoms with Crippen LogP contribution in [0.25, 0.3) is 0 Å². The van der Waals surface area contributed by atoms with Crippen molar-refractivity contribution in [3.05, 3.63) is 11.5 Å². The summed E-state index contributed by atoms with van der Waals surface area (Å²) in [5, 5.41) is 43.3. The van der Waals surface area contributed by atoms with Crippen LogP contribution in [0.2, 0.25) is 0 Å². The number of thioether (sulfide) groups is 1. The third kappa shape index (κ3) is 7.34. The summed E-state index contributed by atoms with van der Waals surface area (Å²) < 4.78 is 4.32. The van der Waals surface area contributed by atoms with Gasteiger partial charge in [0.05, 0.1) is 6.61 Å². The number of carbonyl (C=O) groups is 2. The number of ether oxygens (including phenoxy) is 1. The van der Waals surface area contributed by atoms with Crippen LogP contribution >= 0.6 is 11.8 Å². The van der Waals surface area contributed by atoms with E-state index in [0.29, 0.717) is 6.42 Å². The normalized spacial score (nSPS) is 19.5. The number of rotatable bonds is 6. The van der Waals surface area contributed by atoms with Gasteiger partial charge in [0.25, 0.3) is 0 Å². The minimum absolute atomic E-state index is 0. The van der Waals surface area contributed by atoms with Gasteiger partial charge in [0.15, 0.2) is 11.9 Å². The molecule has 0 aliphatic carbocycles. The van der Waals surface area contributed by atoms with Crippen molar-refractivity contribution in [1.82, 2.24) is 0 Å². The summed E-state index contributed by atoms with van der Waals surface area (Å²) in [5.41, 5.74) is 5.19. The average Bonchev–Trinajstić information content (AvgIpc) is 2.72. The van der Waals surface area contributed by atoms with E-state index in [-0.39, 0.29) is 17.1 Å². The molecule has 1 heterocycles. The number of hydrogen-bond donors (Lipinski definition) is 6. The van der Waals surface area contributed by atoms with E-state index in [1.54, 1.807) is 11.8 Å². The van der Waals surface area contributed by atoms with E-state index in [1.165, 1.54) is 0 Å². The van der Waals surface area contributed by atoms with E-state index in [2.05, 4.69) is 4.74 Å². The fraction of sp³-hybridized carbons (Fsp3) is 0.636. The molecule has 0 spiro atoms. The van der Waals surface area contributed by atoms with Crippen LogP contribution < -0.4 is 5.73 Å². The smallest absolute Gasteiger partial charge is 0.505 e. The molecule has 1 aliphatic rings. The number of aliphatic hydroxyl groups is 4. The molecule has 0 saturated carbocycles. The summed E-state index contributed by atoms with van der Waals surface area (Å²) in [6.45, 7) is -0.671. The molecule has 0 bridgehead atoms. The topological polar surface area (TPSA) is 171 Å². The summed E-state index contributed by atoms with van der Waals surface area (Å²) >= 11 is 1.60. The van der Waals surface area contributed by atoms with Crippen LogP contribution in [0.1, 0.15) is 6.42 Å². The molecule has 0 amide bonds. The van der Waals surface area contributed by atoms with Crippen LogP contribution in [0.5, 0.6) is 0 Å². The fourth-order valence-corrected chi connectivity index (χ4v) is 1.68. The zero-order chi connectivity index (χ0) is 16.6. The number of esters is 1. The maximum Gasteiger partial charge on any atom is 2.00 e. The van der Waals surface area contributed by atoms with Gasteiger partial charge in [-0.2, -0.15) is 11.8 Å². The first kappa shape index (κ1) is 23.3. The molecule has 0 aromatic rings. The van der Waals surface area contributed by atoms with Gasteiger partial charge in [-0.1, -0.05) is 0 Å². The molecule has 11 heteroatoms. The summed E-state index contributed by atoms with van der Waals surface area (Å²) in [6.07, 6.45) is -0.300. The monoisotopic (exact) mass is 381 g/mol. The number of nitrogens with two attached hydrogens (primary N) is 1. The van der Waals surface area contributed by atoms with Crippen LogP contribution in [0, 0.1) is 0 Å². The van der Waals surface area contributed by atoms with Crippen LogP contribution in [0.15, 0.2) is 11.5 Å². The molecule has 1 rings (SSSR count). The molecule has 3 atom stereocenters. The second-order valence-electron chi connectivity index (χ2n) is 4.04. The number of carbonyl (C=O) groups excluding carboxylic acids is 1. The Bertz CT molecular complexity index is 406. The molecule has 9 nitrogen and oxygen atoms in total. The molecule has 0 fully saturated rings. The minimum Gasteiger partial charge on any atom is -0.505 e. The second kappa shape index (κ2) is 11.6. The summed E-state index contributed by atoms with van der Waals surface area (Å²) in [7, 11) is 0. The first-order valence-electron chi connectivity index (χ1n) is 5.85. The molecule has 7 N–H and O–H groups in total. The number of carboxylic acid groups (broad SMARTS) is 1. The predicted molar refractivity (Wildman–Crippen MR) is 73.9 cm³/mol. The van der Waals surface area contributed by atoms with E-state index < -0.39 is 48.3 Å². The van der Waals surface area contributed by atoms with E-state index in [9.17, 15) is 9.59 Å². The Labute approximate surface area is 141 Å². The first-order chi connectivity index (χ1) is 9.76. The molecule has 0 aromatic heterocycles. The fourth-order valence-electron chi connectivity index (χ4n) is 1.19. The van der Waals surface area contributed by atoms with Gasteiger partial charge in [0.2, 0.25) is 5.76 Å². The minimum atomic E-state index is -1.42. The average molecular weight is 381 g/mol. The molecule has 128 valence electrons. The van der Waals surface area contributed by atoms with Crippen molar-refractivity contribution in [2.75, 3.05) is 18.6 Å². The first-order valence-corrected chi connectivity index (χ1v) is 7.24. The van der Waals surface area contributed by atoms with Gasteiger partial charge >= 0.3 is 29.0 Å². The van der Waals surface area contributed by atoms with Gasteiger partial charge < -0.3 is 36.0 Å². The molecule has 22 heavy (non-hydrogen) atoms. The van der Waals surface area contributed by atoms with Crippen LogP contribution in [0.3, 0.4) is 0 Å². The van der Waals surface area contributed by atoms with Gasteiger partial charge in [-0.3, -0.25) is 4.79 Å². The quantitative estimate of drug-likeness (QED) is 0.241. The van der Waals surface area contributed by atoms with Crippen LogP contribution in [-0.4, -0.2) is 74.3 Å². The summed E-state index contributed by atoms with van der Waals surface area (Å²) in [4.78, 5) is 20.6. The number of hydrogen-bond acceptors (Lipinski definition) is 9. The molecule has 0 saturated heterocycles. The van der Waals surface area contributed by atoms with E-state index in [4.69, 9.17) is 31.3 Å². The van der Waals surface area contributed by atoms with Crippen molar-refractivity contribution in [1.29, 1.82) is 0 Å². The Balaban J connectivity index is 0. The van der Waals surface area contributed by atoms with Gasteiger partial charge in [-0.25, -0.2) is 4.79 Å². The van der Waals surface area contributed by atoms with E-state index in [1.807, 2.05) is 6.26 Å². The molecular weight excluding hydrogens is 362 g/mol. The molecule has 0 radical (unpaired) electrons. The van der Waals surface area contributed by atoms with Crippen molar-refractivity contribution < 1.29 is 56.9 Å². The van der Waals surface area contributed by atoms with Crippen LogP contribution in [0.4, 0.5) is 0 Å². The zero-order valence-electron chi connectivity index (χ0n) is 11.7. The maximum absolute atomic E-state index is 10.5. The molecular formula is C11H19FeNO8S+2. The Morgan fingerprint density at radius 1 is 1.45 bits per heavy atom. The predicted octanol–water partition coefficient (Wildman–Crippen LogP) is -1.26. The third-order valence-electron chi connectivity index (χ3n) is 2.43. The number of aliphatic hydroxyl groups excluding tert-OH is 4. The molecule has 1 aliphatic heterocycles. The summed E-state index contributed by atoms with van der Waals surface area (Å²) in [5.74, 6) is -2.88. The van der Waals surface area contributed by atoms with Crippen molar-refractivity contribution in [2.24, 2.45) is 5.73 Å². The largest absolute Gasteiger partial charge is 2.00 e. The number of cyclic esters (lactones) is 1. The van der Waals surface area contributed by atoms with Crippen LogP contribution in [-0.2, 0) is 31.4 Å². The van der Waals surface area contributed by atoms with Gasteiger partial charge in [-0.15, -0.1) is 0 Å². The SMILES string of the molecule is CSCC[C@H](N)C(=O)O.O=C1O[C@@H]([C@@H](O)CO)C(O)=C1O.[Fe+2]. The Morgan fingerprint density at radius 3 is 2.32 bits per heavy atom. The third-order valence-corrected chi connectivity index (χ3v) is 3.07. The van der Waals surface area contributed by atoms with E-state index >= 15 is 0 Å². The Morgan fingerprint density at radius 2 is 2.00 bits per heavy atom. The Hall–Kier alpha value is -0.971.